The number of hydrogen-bond acceptors (Lipinski definition) is 6. The van der Waals surface area contributed by atoms with E-state index < -0.39 is 11.7 Å². The van der Waals surface area contributed by atoms with Gasteiger partial charge < -0.3 is 11.1 Å². The molecular formula is C17H13Cl2FN6O. The van der Waals surface area contributed by atoms with Crippen molar-refractivity contribution in [2.45, 2.75) is 0 Å². The van der Waals surface area contributed by atoms with Crippen molar-refractivity contribution in [3.63, 3.8) is 0 Å². The number of benzene rings is 2. The molecule has 3 rings (SSSR count). The Morgan fingerprint density at radius 2 is 1.85 bits per heavy atom. The first-order chi connectivity index (χ1) is 12.9. The van der Waals surface area contributed by atoms with Crippen molar-refractivity contribution in [1.29, 1.82) is 0 Å². The Bertz CT molecular complexity index is 1000. The molecule has 0 atom stereocenters. The van der Waals surface area contributed by atoms with Gasteiger partial charge in [-0.3, -0.25) is 15.6 Å². The Morgan fingerprint density at radius 1 is 1.07 bits per heavy atom. The van der Waals surface area contributed by atoms with Gasteiger partial charge in [-0.1, -0.05) is 29.3 Å². The van der Waals surface area contributed by atoms with Gasteiger partial charge in [0.05, 0.1) is 5.02 Å². The molecule has 7 nitrogen and oxygen atoms in total. The first kappa shape index (κ1) is 18.7. The van der Waals surface area contributed by atoms with Gasteiger partial charge in [0.15, 0.2) is 11.6 Å². The van der Waals surface area contributed by atoms with E-state index in [9.17, 15) is 9.18 Å². The van der Waals surface area contributed by atoms with Gasteiger partial charge >= 0.3 is 0 Å². The van der Waals surface area contributed by atoms with E-state index in [-0.39, 0.29) is 22.3 Å². The molecule has 1 amide bonds. The molecule has 27 heavy (non-hydrogen) atoms. The number of nitrogens with one attached hydrogen (secondary N) is 3. The van der Waals surface area contributed by atoms with Crippen LogP contribution in [0.4, 0.5) is 27.4 Å². The van der Waals surface area contributed by atoms with Gasteiger partial charge in [-0.25, -0.2) is 14.4 Å². The minimum absolute atomic E-state index is 0.0419. The molecule has 0 aliphatic rings. The van der Waals surface area contributed by atoms with E-state index in [1.807, 2.05) is 0 Å². The highest BCUT2D eigenvalue weighted by Crippen LogP contribution is 2.27. The minimum Gasteiger partial charge on any atom is -0.393 e. The number of anilines is 4. The summed E-state index contributed by atoms with van der Waals surface area (Å²) in [7, 11) is 0. The third-order valence-electron chi connectivity index (χ3n) is 3.45. The van der Waals surface area contributed by atoms with E-state index in [4.69, 9.17) is 28.9 Å². The largest absolute Gasteiger partial charge is 0.393 e. The number of carbonyl (C=O) groups is 1. The second-order valence-corrected chi connectivity index (χ2v) is 6.17. The number of nitrogens with zero attached hydrogens (tertiary/aromatic N) is 2. The summed E-state index contributed by atoms with van der Waals surface area (Å²) < 4.78 is 13.3. The van der Waals surface area contributed by atoms with Crippen LogP contribution in [0.3, 0.4) is 0 Å². The van der Waals surface area contributed by atoms with Crippen molar-refractivity contribution in [1.82, 2.24) is 15.4 Å². The molecule has 3 aromatic rings. The molecular weight excluding hydrogens is 394 g/mol. The highest BCUT2D eigenvalue weighted by molar-refractivity contribution is 6.31. The summed E-state index contributed by atoms with van der Waals surface area (Å²) in [6.07, 6.45) is 1.25. The quantitative estimate of drug-likeness (QED) is 0.477. The lowest BCUT2D eigenvalue weighted by molar-refractivity contribution is 0.0962. The van der Waals surface area contributed by atoms with Gasteiger partial charge in [0.1, 0.15) is 17.8 Å². The molecule has 5 N–H and O–H groups in total. The SMILES string of the molecule is Nc1c(NNC(=O)c2cccc(Cl)c2)ncnc1Nc1ccc(F)c(Cl)c1. The van der Waals surface area contributed by atoms with Crippen LogP contribution in [0.25, 0.3) is 0 Å². The first-order valence-corrected chi connectivity index (χ1v) is 8.34. The van der Waals surface area contributed by atoms with Gasteiger partial charge in [0, 0.05) is 16.3 Å². The molecule has 2 aromatic carbocycles. The summed E-state index contributed by atoms with van der Waals surface area (Å²) in [5.41, 5.74) is 12.1. The maximum atomic E-state index is 13.3. The average Bonchev–Trinajstić information content (AvgIpc) is 2.65. The molecule has 0 aliphatic heterocycles. The van der Waals surface area contributed by atoms with Crippen LogP contribution in [0.5, 0.6) is 0 Å². The zero-order chi connectivity index (χ0) is 19.4. The Kier molecular flexibility index (Phi) is 5.58. The van der Waals surface area contributed by atoms with Gasteiger partial charge in [-0.05, 0) is 36.4 Å². The van der Waals surface area contributed by atoms with Crippen LogP contribution in [-0.2, 0) is 0 Å². The maximum Gasteiger partial charge on any atom is 0.269 e. The zero-order valence-corrected chi connectivity index (χ0v) is 15.1. The number of nitrogens with two attached hydrogens (primary N) is 1. The standard InChI is InChI=1S/C17H13Cl2FN6O/c18-10-3-1-2-9(6-10)17(27)26-25-16-14(21)15(22-8-23-16)24-11-4-5-13(20)12(19)7-11/h1-8H,21H2,(H,26,27)(H2,22,23,24,25). The summed E-state index contributed by atoms with van der Waals surface area (Å²) >= 11 is 11.6. The van der Waals surface area contributed by atoms with Gasteiger partial charge in [-0.2, -0.15) is 0 Å². The van der Waals surface area contributed by atoms with Crippen LogP contribution in [0.1, 0.15) is 10.4 Å². The van der Waals surface area contributed by atoms with Crippen molar-refractivity contribution in [2.75, 3.05) is 16.5 Å². The van der Waals surface area contributed by atoms with Crippen molar-refractivity contribution < 1.29 is 9.18 Å². The summed E-state index contributed by atoms with van der Waals surface area (Å²) in [6, 6.07) is 10.5. The number of aromatic nitrogens is 2. The van der Waals surface area contributed by atoms with E-state index in [2.05, 4.69) is 26.1 Å². The van der Waals surface area contributed by atoms with E-state index in [1.165, 1.54) is 30.6 Å². The summed E-state index contributed by atoms with van der Waals surface area (Å²) in [5, 5.41) is 3.31. The molecule has 1 aromatic heterocycles. The summed E-state index contributed by atoms with van der Waals surface area (Å²) in [4.78, 5) is 20.2. The molecule has 10 heteroatoms. The fourth-order valence-corrected chi connectivity index (χ4v) is 2.49. The second-order valence-electron chi connectivity index (χ2n) is 5.33. The van der Waals surface area contributed by atoms with Crippen LogP contribution in [0, 0.1) is 5.82 Å². The third kappa shape index (κ3) is 4.55. The molecule has 138 valence electrons. The number of nitrogen functional groups attached to an aromatic ring is 1. The van der Waals surface area contributed by atoms with Crippen LogP contribution in [0.2, 0.25) is 10.0 Å². The van der Waals surface area contributed by atoms with E-state index in [0.717, 1.165) is 0 Å². The fraction of sp³-hybridized carbons (Fsp3) is 0. The lowest BCUT2D eigenvalue weighted by Gasteiger charge is -2.13. The number of amides is 1. The lowest BCUT2D eigenvalue weighted by atomic mass is 10.2. The normalized spacial score (nSPS) is 10.3. The monoisotopic (exact) mass is 406 g/mol. The van der Waals surface area contributed by atoms with Crippen LogP contribution in [-0.4, -0.2) is 15.9 Å². The lowest BCUT2D eigenvalue weighted by Crippen LogP contribution is -2.30. The fourth-order valence-electron chi connectivity index (χ4n) is 2.12. The molecule has 0 fully saturated rings. The molecule has 0 radical (unpaired) electrons. The maximum absolute atomic E-state index is 13.3. The average molecular weight is 407 g/mol. The smallest absolute Gasteiger partial charge is 0.269 e. The highest BCUT2D eigenvalue weighted by atomic mass is 35.5. The number of hydrazine groups is 1. The molecule has 0 bridgehead atoms. The Hall–Kier alpha value is -3.10. The summed E-state index contributed by atoms with van der Waals surface area (Å²) in [6.45, 7) is 0. The van der Waals surface area contributed by atoms with E-state index >= 15 is 0 Å². The number of rotatable bonds is 5. The predicted molar refractivity (Wildman–Crippen MR) is 104 cm³/mol. The topological polar surface area (TPSA) is 105 Å². The van der Waals surface area contributed by atoms with Crippen LogP contribution in [0.15, 0.2) is 48.8 Å². The van der Waals surface area contributed by atoms with Crippen LogP contribution < -0.4 is 21.9 Å². The van der Waals surface area contributed by atoms with Crippen molar-refractivity contribution in [3.05, 3.63) is 70.2 Å². The van der Waals surface area contributed by atoms with Crippen molar-refractivity contribution >= 4 is 52.1 Å². The first-order valence-electron chi connectivity index (χ1n) is 7.58. The number of carbonyl (C=O) groups excluding carboxylic acids is 1. The van der Waals surface area contributed by atoms with Crippen molar-refractivity contribution in [2.24, 2.45) is 0 Å². The van der Waals surface area contributed by atoms with E-state index in [1.54, 1.807) is 18.2 Å². The van der Waals surface area contributed by atoms with Gasteiger partial charge in [0.2, 0.25) is 0 Å². The second kappa shape index (κ2) is 8.07. The molecule has 0 aliphatic carbocycles. The molecule has 0 spiro atoms. The Morgan fingerprint density at radius 3 is 2.59 bits per heavy atom. The molecule has 0 saturated heterocycles. The van der Waals surface area contributed by atoms with Crippen molar-refractivity contribution in [3.8, 4) is 0 Å². The molecule has 0 unspecified atom stereocenters. The highest BCUT2D eigenvalue weighted by Gasteiger charge is 2.11. The third-order valence-corrected chi connectivity index (χ3v) is 3.97. The molecule has 0 saturated carbocycles. The zero-order valence-electron chi connectivity index (χ0n) is 13.6. The molecule has 1 heterocycles. The van der Waals surface area contributed by atoms with Gasteiger partial charge in [0.25, 0.3) is 5.91 Å². The van der Waals surface area contributed by atoms with Crippen LogP contribution >= 0.6 is 23.2 Å². The van der Waals surface area contributed by atoms with E-state index in [0.29, 0.717) is 16.3 Å². The Labute approximate surface area is 163 Å². The summed E-state index contributed by atoms with van der Waals surface area (Å²) in [5.74, 6) is -0.525. The number of hydrogen-bond donors (Lipinski definition) is 4. The predicted octanol–water partition coefficient (Wildman–Crippen LogP) is 4.01. The number of halogens is 3. The van der Waals surface area contributed by atoms with Gasteiger partial charge in [-0.15, -0.1) is 0 Å². The Balaban J connectivity index is 1.72. The minimum atomic E-state index is -0.538.